The minimum Gasteiger partial charge on any atom is -0.492 e. The largest absolute Gasteiger partial charge is 0.492 e. The zero-order chi connectivity index (χ0) is 29.0. The van der Waals surface area contributed by atoms with E-state index in [1.54, 1.807) is 24.3 Å². The normalized spacial score (nSPS) is 18.1. The smallest absolute Gasteiger partial charge is 0.229 e. The Balaban J connectivity index is 1.38. The van der Waals surface area contributed by atoms with Crippen molar-refractivity contribution in [2.45, 2.75) is 69.4 Å². The van der Waals surface area contributed by atoms with Crippen molar-refractivity contribution < 1.29 is 13.2 Å². The van der Waals surface area contributed by atoms with Crippen molar-refractivity contribution in [1.82, 2.24) is 9.97 Å². The van der Waals surface area contributed by atoms with Gasteiger partial charge in [-0.05, 0) is 62.3 Å². The Bertz CT molecular complexity index is 1460. The zero-order valence-corrected chi connectivity index (χ0v) is 25.6. The number of para-hydroxylation sites is 1. The van der Waals surface area contributed by atoms with Crippen LogP contribution in [0.25, 0.3) is 0 Å². The second-order valence-electron chi connectivity index (χ2n) is 11.3. The summed E-state index contributed by atoms with van der Waals surface area (Å²) in [6, 6.07) is 13.1. The van der Waals surface area contributed by atoms with Gasteiger partial charge in [0.1, 0.15) is 10.8 Å². The van der Waals surface area contributed by atoms with Gasteiger partial charge in [-0.15, -0.1) is 0 Å². The molecule has 1 aromatic heterocycles. The van der Waals surface area contributed by atoms with Crippen LogP contribution in [0.15, 0.2) is 53.6 Å². The fraction of sp³-hybridized carbons (Fsp3) is 0.484. The first kappa shape index (κ1) is 29.5. The summed E-state index contributed by atoms with van der Waals surface area (Å²) in [4.78, 5) is 11.7. The van der Waals surface area contributed by atoms with Gasteiger partial charge in [0.15, 0.2) is 15.7 Å². The van der Waals surface area contributed by atoms with Gasteiger partial charge in [0.25, 0.3) is 0 Å². The fourth-order valence-electron chi connectivity index (χ4n) is 5.79. The predicted molar refractivity (Wildman–Crippen MR) is 167 cm³/mol. The third kappa shape index (κ3) is 6.72. The first-order valence-electron chi connectivity index (χ1n) is 14.7. The van der Waals surface area contributed by atoms with Gasteiger partial charge < -0.3 is 20.3 Å². The standard InChI is InChI=1S/C31H40ClN5O3S/c1-4-40-28-18-23(37-17-16-22(20-37)21(2)3)14-15-26(28)35-31-33-19-25(32)30(36-31)34-27-12-8-9-13-29(27)41(38,39)24-10-6-5-7-11-24/h8-9,12-15,18-19,21-22,24H,4-7,10-11,16-17,20H2,1-3H3,(H2,33,34,35,36)/t22-/m1/s1. The van der Waals surface area contributed by atoms with Crippen LogP contribution in [0.3, 0.4) is 0 Å². The van der Waals surface area contributed by atoms with Crippen molar-refractivity contribution >= 4 is 50.3 Å². The molecule has 5 rings (SSSR count). The molecular formula is C31H40ClN5O3S. The minimum atomic E-state index is -3.50. The van der Waals surface area contributed by atoms with E-state index in [0.717, 1.165) is 49.5 Å². The second kappa shape index (κ2) is 12.9. The summed E-state index contributed by atoms with van der Waals surface area (Å²) < 4.78 is 33.0. The summed E-state index contributed by atoms with van der Waals surface area (Å²) in [7, 11) is -3.50. The molecule has 2 aliphatic rings. The van der Waals surface area contributed by atoms with Gasteiger partial charge in [-0.25, -0.2) is 13.4 Å². The Hall–Kier alpha value is -3.04. The van der Waals surface area contributed by atoms with Gasteiger partial charge in [0.05, 0.1) is 34.3 Å². The van der Waals surface area contributed by atoms with E-state index in [0.29, 0.717) is 48.7 Å². The van der Waals surface area contributed by atoms with E-state index in [9.17, 15) is 8.42 Å². The molecule has 2 aromatic carbocycles. The number of sulfone groups is 1. The van der Waals surface area contributed by atoms with Crippen LogP contribution in [0.5, 0.6) is 5.75 Å². The number of hydrogen-bond acceptors (Lipinski definition) is 8. The van der Waals surface area contributed by atoms with Crippen LogP contribution in [-0.4, -0.2) is 43.3 Å². The lowest BCUT2D eigenvalue weighted by atomic mass is 9.95. The zero-order valence-electron chi connectivity index (χ0n) is 24.1. The lowest BCUT2D eigenvalue weighted by molar-refractivity contribution is 0.342. The highest BCUT2D eigenvalue weighted by Crippen LogP contribution is 2.37. The van der Waals surface area contributed by atoms with Crippen LogP contribution in [-0.2, 0) is 9.84 Å². The molecule has 0 spiro atoms. The van der Waals surface area contributed by atoms with Crippen molar-refractivity contribution in [1.29, 1.82) is 0 Å². The van der Waals surface area contributed by atoms with Gasteiger partial charge in [0, 0.05) is 24.8 Å². The molecule has 10 heteroatoms. The van der Waals surface area contributed by atoms with E-state index in [4.69, 9.17) is 16.3 Å². The molecule has 220 valence electrons. The first-order chi connectivity index (χ1) is 19.8. The van der Waals surface area contributed by atoms with E-state index < -0.39 is 9.84 Å². The van der Waals surface area contributed by atoms with Crippen LogP contribution in [0.2, 0.25) is 5.02 Å². The third-order valence-electron chi connectivity index (χ3n) is 8.23. The lowest BCUT2D eigenvalue weighted by Gasteiger charge is -2.23. The van der Waals surface area contributed by atoms with Gasteiger partial charge in [-0.1, -0.05) is 56.8 Å². The number of halogens is 1. The van der Waals surface area contributed by atoms with Crippen LogP contribution in [0.4, 0.5) is 28.8 Å². The molecular weight excluding hydrogens is 558 g/mol. The summed E-state index contributed by atoms with van der Waals surface area (Å²) in [6.07, 6.45) is 7.04. The van der Waals surface area contributed by atoms with Crippen LogP contribution in [0, 0.1) is 11.8 Å². The number of rotatable bonds is 10. The van der Waals surface area contributed by atoms with Crippen molar-refractivity contribution in [2.75, 3.05) is 35.2 Å². The highest BCUT2D eigenvalue weighted by atomic mass is 35.5. The Morgan fingerprint density at radius 1 is 1.05 bits per heavy atom. The molecule has 8 nitrogen and oxygen atoms in total. The topological polar surface area (TPSA) is 96.5 Å². The average molecular weight is 598 g/mol. The van der Waals surface area contributed by atoms with E-state index in [1.165, 1.54) is 12.6 Å². The number of nitrogens with one attached hydrogen (secondary N) is 2. The Labute approximate surface area is 248 Å². The summed E-state index contributed by atoms with van der Waals surface area (Å²) in [6.45, 7) is 9.14. The van der Waals surface area contributed by atoms with Crippen molar-refractivity contribution in [3.63, 3.8) is 0 Å². The molecule has 41 heavy (non-hydrogen) atoms. The quantitative estimate of drug-likeness (QED) is 0.246. The Kier molecular flexibility index (Phi) is 9.24. The van der Waals surface area contributed by atoms with Gasteiger partial charge >= 0.3 is 0 Å². The maximum absolute atomic E-state index is 13.5. The molecule has 0 amide bonds. The van der Waals surface area contributed by atoms with Crippen LogP contribution >= 0.6 is 11.6 Å². The van der Waals surface area contributed by atoms with Crippen molar-refractivity contribution in [2.24, 2.45) is 11.8 Å². The van der Waals surface area contributed by atoms with E-state index in [-0.39, 0.29) is 15.2 Å². The molecule has 1 aliphatic carbocycles. The third-order valence-corrected chi connectivity index (χ3v) is 10.8. The fourth-order valence-corrected chi connectivity index (χ4v) is 7.93. The Morgan fingerprint density at radius 3 is 2.56 bits per heavy atom. The summed E-state index contributed by atoms with van der Waals surface area (Å²) in [5.41, 5.74) is 2.33. The summed E-state index contributed by atoms with van der Waals surface area (Å²) in [5.74, 6) is 2.71. The average Bonchev–Trinajstić information content (AvgIpc) is 3.48. The number of ether oxygens (including phenoxy) is 1. The van der Waals surface area contributed by atoms with E-state index in [2.05, 4.69) is 51.5 Å². The number of hydrogen-bond donors (Lipinski definition) is 2. The predicted octanol–water partition coefficient (Wildman–Crippen LogP) is 7.60. The molecule has 1 saturated carbocycles. The molecule has 3 aromatic rings. The van der Waals surface area contributed by atoms with Crippen LogP contribution < -0.4 is 20.3 Å². The SMILES string of the molecule is CCOc1cc(N2CC[C@@H](C(C)C)C2)ccc1Nc1ncc(Cl)c(Nc2ccccc2S(=O)(=O)C2CCCCC2)n1. The molecule has 2 fully saturated rings. The molecule has 2 N–H and O–H groups in total. The lowest BCUT2D eigenvalue weighted by Crippen LogP contribution is -2.24. The molecule has 1 aliphatic heterocycles. The first-order valence-corrected chi connectivity index (χ1v) is 16.6. The molecule has 0 bridgehead atoms. The van der Waals surface area contributed by atoms with Gasteiger partial charge in [0.2, 0.25) is 5.95 Å². The maximum Gasteiger partial charge on any atom is 0.229 e. The highest BCUT2D eigenvalue weighted by molar-refractivity contribution is 7.92. The number of aromatic nitrogens is 2. The van der Waals surface area contributed by atoms with Crippen LogP contribution in [0.1, 0.15) is 59.3 Å². The number of anilines is 5. The second-order valence-corrected chi connectivity index (χ2v) is 13.9. The minimum absolute atomic E-state index is 0.270. The molecule has 1 saturated heterocycles. The summed E-state index contributed by atoms with van der Waals surface area (Å²) in [5, 5.41) is 6.36. The molecule has 2 heterocycles. The van der Waals surface area contributed by atoms with E-state index >= 15 is 0 Å². The maximum atomic E-state index is 13.5. The number of nitrogens with zero attached hydrogens (tertiary/aromatic N) is 3. The van der Waals surface area contributed by atoms with Crippen molar-refractivity contribution in [3.8, 4) is 5.75 Å². The molecule has 1 atom stereocenters. The van der Waals surface area contributed by atoms with E-state index in [1.807, 2.05) is 13.0 Å². The van der Waals surface area contributed by atoms with Gasteiger partial charge in [-0.3, -0.25) is 0 Å². The highest BCUT2D eigenvalue weighted by Gasteiger charge is 2.31. The summed E-state index contributed by atoms with van der Waals surface area (Å²) >= 11 is 6.48. The molecule has 0 radical (unpaired) electrons. The molecule has 0 unspecified atom stereocenters. The van der Waals surface area contributed by atoms with Crippen molar-refractivity contribution in [3.05, 3.63) is 53.7 Å². The Morgan fingerprint density at radius 2 is 1.83 bits per heavy atom. The monoisotopic (exact) mass is 597 g/mol. The van der Waals surface area contributed by atoms with Gasteiger partial charge in [-0.2, -0.15) is 4.98 Å². The number of benzene rings is 2.